The Kier molecular flexibility index (Phi) is 8.44. The fourth-order valence-electron chi connectivity index (χ4n) is 4.86. The number of aliphatic hydroxyl groups is 1. The summed E-state index contributed by atoms with van der Waals surface area (Å²) in [4.78, 5) is 30.6. The molecule has 1 amide bonds. The Balaban J connectivity index is 1.89. The number of hydrogen-bond acceptors (Lipinski definition) is 7. The SMILES string of the molecule is CCOc1ccc(/C(O)=C2/C(=O)C(=O)N(c3ccc(N(CC)CC)cc3)C2c2ccc(O)cc2)c(OCC)c1. The first kappa shape index (κ1) is 27.6. The molecule has 39 heavy (non-hydrogen) atoms. The molecule has 0 bridgehead atoms. The highest BCUT2D eigenvalue weighted by Crippen LogP contribution is 2.44. The van der Waals surface area contributed by atoms with Gasteiger partial charge in [-0.3, -0.25) is 14.5 Å². The maximum Gasteiger partial charge on any atom is 0.300 e. The minimum Gasteiger partial charge on any atom is -0.508 e. The predicted octanol–water partition coefficient (Wildman–Crippen LogP) is 5.66. The molecule has 0 aromatic heterocycles. The Hall–Kier alpha value is -4.46. The van der Waals surface area contributed by atoms with Gasteiger partial charge in [-0.25, -0.2) is 0 Å². The van der Waals surface area contributed by atoms with Crippen molar-refractivity contribution < 1.29 is 29.3 Å². The van der Waals surface area contributed by atoms with E-state index in [4.69, 9.17) is 9.47 Å². The number of aromatic hydroxyl groups is 1. The van der Waals surface area contributed by atoms with Crippen LogP contribution in [0.1, 0.15) is 44.9 Å². The van der Waals surface area contributed by atoms with Gasteiger partial charge in [-0.05, 0) is 81.8 Å². The summed E-state index contributed by atoms with van der Waals surface area (Å²) in [5.41, 5.74) is 2.28. The van der Waals surface area contributed by atoms with E-state index in [-0.39, 0.29) is 22.6 Å². The Labute approximate surface area is 228 Å². The number of carbonyl (C=O) groups is 2. The summed E-state index contributed by atoms with van der Waals surface area (Å²) < 4.78 is 11.3. The van der Waals surface area contributed by atoms with Crippen molar-refractivity contribution in [2.45, 2.75) is 33.7 Å². The molecule has 1 saturated heterocycles. The van der Waals surface area contributed by atoms with Gasteiger partial charge in [-0.1, -0.05) is 12.1 Å². The summed E-state index contributed by atoms with van der Waals surface area (Å²) in [5.74, 6) is -0.977. The monoisotopic (exact) mass is 530 g/mol. The zero-order chi connectivity index (χ0) is 28.1. The number of carbonyl (C=O) groups excluding carboxylic acids is 2. The van der Waals surface area contributed by atoms with Gasteiger partial charge in [0.05, 0.1) is 30.4 Å². The molecule has 1 unspecified atom stereocenters. The molecule has 0 saturated carbocycles. The average Bonchev–Trinajstić information content (AvgIpc) is 3.20. The van der Waals surface area contributed by atoms with Gasteiger partial charge in [0.1, 0.15) is 23.0 Å². The van der Waals surface area contributed by atoms with Crippen molar-refractivity contribution in [3.63, 3.8) is 0 Å². The van der Waals surface area contributed by atoms with Crippen LogP contribution in [-0.2, 0) is 9.59 Å². The van der Waals surface area contributed by atoms with Crippen molar-refractivity contribution in [1.82, 2.24) is 0 Å². The number of benzene rings is 3. The number of rotatable bonds is 10. The number of ketones is 1. The van der Waals surface area contributed by atoms with E-state index in [1.54, 1.807) is 42.5 Å². The molecule has 1 fully saturated rings. The molecule has 1 aliphatic heterocycles. The van der Waals surface area contributed by atoms with Crippen molar-refractivity contribution in [2.24, 2.45) is 0 Å². The third-order valence-electron chi connectivity index (χ3n) is 6.73. The molecule has 8 nitrogen and oxygen atoms in total. The van der Waals surface area contributed by atoms with E-state index in [0.717, 1.165) is 18.8 Å². The van der Waals surface area contributed by atoms with Crippen LogP contribution in [0.25, 0.3) is 5.76 Å². The van der Waals surface area contributed by atoms with Gasteiger partial charge < -0.3 is 24.6 Å². The van der Waals surface area contributed by atoms with E-state index in [2.05, 4.69) is 18.7 Å². The summed E-state index contributed by atoms with van der Waals surface area (Å²) in [6.07, 6.45) is 0. The van der Waals surface area contributed by atoms with Crippen molar-refractivity contribution in [3.05, 3.63) is 83.4 Å². The summed E-state index contributed by atoms with van der Waals surface area (Å²) in [5, 5.41) is 21.5. The fourth-order valence-corrected chi connectivity index (χ4v) is 4.86. The van der Waals surface area contributed by atoms with Gasteiger partial charge in [0.25, 0.3) is 11.7 Å². The summed E-state index contributed by atoms with van der Waals surface area (Å²) in [6.45, 7) is 10.3. The molecular weight excluding hydrogens is 496 g/mol. The average molecular weight is 531 g/mol. The van der Waals surface area contributed by atoms with Crippen LogP contribution < -0.4 is 19.3 Å². The van der Waals surface area contributed by atoms with Crippen molar-refractivity contribution in [3.8, 4) is 17.2 Å². The smallest absolute Gasteiger partial charge is 0.300 e. The van der Waals surface area contributed by atoms with Crippen LogP contribution in [0.15, 0.2) is 72.3 Å². The lowest BCUT2D eigenvalue weighted by molar-refractivity contribution is -0.132. The molecule has 1 aliphatic rings. The molecule has 204 valence electrons. The van der Waals surface area contributed by atoms with Crippen LogP contribution in [0, 0.1) is 0 Å². The predicted molar refractivity (Wildman–Crippen MR) is 152 cm³/mol. The van der Waals surface area contributed by atoms with E-state index in [1.807, 2.05) is 26.0 Å². The van der Waals surface area contributed by atoms with E-state index in [0.29, 0.717) is 36.0 Å². The Morgan fingerprint density at radius 2 is 1.51 bits per heavy atom. The zero-order valence-electron chi connectivity index (χ0n) is 22.7. The second-order valence-corrected chi connectivity index (χ2v) is 8.97. The standard InChI is InChI=1S/C31H34N2O6/c1-5-32(6-2)21-11-13-22(14-12-21)33-28(20-9-15-23(34)16-10-20)27(30(36)31(33)37)29(35)25-18-17-24(38-7-3)19-26(25)39-8-4/h9-19,28,34-35H,5-8H2,1-4H3/b29-27-. The van der Waals surface area contributed by atoms with Gasteiger partial charge >= 0.3 is 0 Å². The second-order valence-electron chi connectivity index (χ2n) is 8.97. The molecule has 2 N–H and O–H groups in total. The maximum atomic E-state index is 13.5. The molecule has 8 heteroatoms. The Morgan fingerprint density at radius 1 is 0.872 bits per heavy atom. The van der Waals surface area contributed by atoms with Gasteiger partial charge in [0.15, 0.2) is 0 Å². The third-order valence-corrected chi connectivity index (χ3v) is 6.73. The number of phenolic OH excluding ortho intramolecular Hbond substituents is 1. The van der Waals surface area contributed by atoms with Crippen molar-refractivity contribution in [2.75, 3.05) is 36.1 Å². The van der Waals surface area contributed by atoms with E-state index in [1.165, 1.54) is 17.0 Å². The van der Waals surface area contributed by atoms with Gasteiger partial charge in [0, 0.05) is 30.5 Å². The highest BCUT2D eigenvalue weighted by Gasteiger charge is 2.47. The van der Waals surface area contributed by atoms with E-state index < -0.39 is 17.7 Å². The van der Waals surface area contributed by atoms with Gasteiger partial charge in [-0.15, -0.1) is 0 Å². The topological polar surface area (TPSA) is 99.5 Å². The number of anilines is 2. The highest BCUT2D eigenvalue weighted by atomic mass is 16.5. The third kappa shape index (κ3) is 5.41. The number of ether oxygens (including phenoxy) is 2. The molecule has 0 radical (unpaired) electrons. The normalized spacial score (nSPS) is 16.4. The lowest BCUT2D eigenvalue weighted by Crippen LogP contribution is -2.29. The lowest BCUT2D eigenvalue weighted by atomic mass is 9.94. The lowest BCUT2D eigenvalue weighted by Gasteiger charge is -2.27. The minimum absolute atomic E-state index is 0.0458. The summed E-state index contributed by atoms with van der Waals surface area (Å²) in [6, 6.07) is 17.7. The molecule has 3 aromatic rings. The first-order valence-corrected chi connectivity index (χ1v) is 13.2. The Bertz CT molecular complexity index is 1360. The minimum atomic E-state index is -0.925. The van der Waals surface area contributed by atoms with Crippen LogP contribution in [0.2, 0.25) is 0 Å². The van der Waals surface area contributed by atoms with Crippen LogP contribution in [0.3, 0.4) is 0 Å². The molecule has 0 spiro atoms. The van der Waals surface area contributed by atoms with Crippen LogP contribution in [0.5, 0.6) is 17.2 Å². The van der Waals surface area contributed by atoms with Crippen LogP contribution in [0.4, 0.5) is 11.4 Å². The van der Waals surface area contributed by atoms with Gasteiger partial charge in [0.2, 0.25) is 0 Å². The van der Waals surface area contributed by atoms with Crippen molar-refractivity contribution in [1.29, 1.82) is 0 Å². The Morgan fingerprint density at radius 3 is 2.10 bits per heavy atom. The fraction of sp³-hybridized carbons (Fsp3) is 0.290. The molecule has 1 atom stereocenters. The molecular formula is C31H34N2O6. The number of nitrogens with zero attached hydrogens (tertiary/aromatic N) is 2. The summed E-state index contributed by atoms with van der Waals surface area (Å²) >= 11 is 0. The first-order chi connectivity index (χ1) is 18.8. The van der Waals surface area contributed by atoms with Crippen molar-refractivity contribution >= 4 is 28.8 Å². The van der Waals surface area contributed by atoms with Gasteiger partial charge in [-0.2, -0.15) is 0 Å². The molecule has 3 aromatic carbocycles. The quantitative estimate of drug-likeness (QED) is 0.198. The second kappa shape index (κ2) is 11.9. The van der Waals surface area contributed by atoms with Crippen LogP contribution in [-0.4, -0.2) is 48.2 Å². The first-order valence-electron chi connectivity index (χ1n) is 13.2. The summed E-state index contributed by atoms with van der Waals surface area (Å²) in [7, 11) is 0. The highest BCUT2D eigenvalue weighted by molar-refractivity contribution is 6.51. The number of phenols is 1. The molecule has 1 heterocycles. The van der Waals surface area contributed by atoms with E-state index >= 15 is 0 Å². The largest absolute Gasteiger partial charge is 0.508 e. The maximum absolute atomic E-state index is 13.5. The molecule has 4 rings (SSSR count). The van der Waals surface area contributed by atoms with E-state index in [9.17, 15) is 19.8 Å². The number of hydrogen-bond donors (Lipinski definition) is 2. The number of amides is 1. The zero-order valence-corrected chi connectivity index (χ0v) is 22.7. The number of Topliss-reactive ketones (excluding diaryl/α,β-unsaturated/α-hetero) is 1. The van der Waals surface area contributed by atoms with Crippen LogP contribution >= 0.6 is 0 Å². The molecule has 0 aliphatic carbocycles. The number of aliphatic hydroxyl groups excluding tert-OH is 1.